The number of amides is 1. The van der Waals surface area contributed by atoms with Gasteiger partial charge in [0.05, 0.1) is 11.0 Å². The summed E-state index contributed by atoms with van der Waals surface area (Å²) in [6, 6.07) is 31.9. The quantitative estimate of drug-likeness (QED) is 0.219. The van der Waals surface area contributed by atoms with Crippen LogP contribution in [-0.4, -0.2) is 57.0 Å². The third-order valence-electron chi connectivity index (χ3n) is 10.7. The molecule has 4 heterocycles. The predicted octanol–water partition coefficient (Wildman–Crippen LogP) is 7.57. The number of aryl methyl sites for hydroxylation is 1. The van der Waals surface area contributed by atoms with Crippen LogP contribution in [-0.2, 0) is 10.2 Å². The Balaban J connectivity index is 1.01. The Morgan fingerprint density at radius 3 is 2.23 bits per heavy atom. The average Bonchev–Trinajstić information content (AvgIpc) is 3.51. The van der Waals surface area contributed by atoms with E-state index < -0.39 is 0 Å². The fourth-order valence-corrected chi connectivity index (χ4v) is 8.44. The van der Waals surface area contributed by atoms with E-state index in [0.29, 0.717) is 24.5 Å². The van der Waals surface area contributed by atoms with Crippen molar-refractivity contribution in [2.24, 2.45) is 0 Å². The second-order valence-corrected chi connectivity index (χ2v) is 13.1. The fourth-order valence-electron chi connectivity index (χ4n) is 8.44. The zero-order chi connectivity index (χ0) is 29.2. The molecule has 3 aliphatic heterocycles. The summed E-state index contributed by atoms with van der Waals surface area (Å²) in [6.45, 7) is 5.01. The van der Waals surface area contributed by atoms with Gasteiger partial charge < -0.3 is 9.47 Å². The standard InChI is InChI=1S/C38H44N4O/c1-29-39-35-16-8-9-17-36(35)42(29)34-27-32-19-20-33(28-34)41(32)26-23-38(31-14-6-3-7-15-31)21-24-40(25-22-38)37(43)18-10-13-30-11-4-2-5-12-30/h2-17,32-34H,18-28H2,1H3/b13-10+/t32-,33+,34?. The van der Waals surface area contributed by atoms with Crippen LogP contribution < -0.4 is 0 Å². The molecule has 2 bridgehead atoms. The Kier molecular flexibility index (Phi) is 7.92. The monoisotopic (exact) mass is 572 g/mol. The van der Waals surface area contributed by atoms with Gasteiger partial charge in [0.2, 0.25) is 5.91 Å². The smallest absolute Gasteiger partial charge is 0.226 e. The van der Waals surface area contributed by atoms with Gasteiger partial charge in [0.1, 0.15) is 5.82 Å². The van der Waals surface area contributed by atoms with E-state index in [-0.39, 0.29) is 11.3 Å². The van der Waals surface area contributed by atoms with E-state index in [9.17, 15) is 4.79 Å². The molecule has 1 amide bonds. The van der Waals surface area contributed by atoms with Gasteiger partial charge in [-0.2, -0.15) is 0 Å². The molecule has 43 heavy (non-hydrogen) atoms. The first kappa shape index (κ1) is 28.1. The first-order valence-electron chi connectivity index (χ1n) is 16.3. The molecule has 7 rings (SSSR count). The number of rotatable bonds is 8. The summed E-state index contributed by atoms with van der Waals surface area (Å²) >= 11 is 0. The van der Waals surface area contributed by atoms with Crippen molar-refractivity contribution in [2.45, 2.75) is 81.8 Å². The summed E-state index contributed by atoms with van der Waals surface area (Å²) in [4.78, 5) is 23.0. The van der Waals surface area contributed by atoms with E-state index in [1.54, 1.807) is 0 Å². The van der Waals surface area contributed by atoms with Crippen LogP contribution >= 0.6 is 0 Å². The number of carbonyl (C=O) groups is 1. The number of hydrogen-bond donors (Lipinski definition) is 0. The number of para-hydroxylation sites is 2. The summed E-state index contributed by atoms with van der Waals surface area (Å²) in [5.41, 5.74) is 5.14. The van der Waals surface area contributed by atoms with Crippen LogP contribution in [0.1, 0.15) is 74.4 Å². The minimum absolute atomic E-state index is 0.130. The van der Waals surface area contributed by atoms with Crippen molar-refractivity contribution in [1.29, 1.82) is 0 Å². The molecule has 3 aromatic carbocycles. The van der Waals surface area contributed by atoms with Gasteiger partial charge in [-0.3, -0.25) is 9.69 Å². The molecular weight excluding hydrogens is 528 g/mol. The highest BCUT2D eigenvalue weighted by Gasteiger charge is 2.44. The van der Waals surface area contributed by atoms with Crippen molar-refractivity contribution >= 4 is 23.0 Å². The van der Waals surface area contributed by atoms with Gasteiger partial charge in [-0.1, -0.05) is 84.9 Å². The summed E-state index contributed by atoms with van der Waals surface area (Å²) in [5, 5.41) is 0. The topological polar surface area (TPSA) is 41.4 Å². The van der Waals surface area contributed by atoms with Gasteiger partial charge >= 0.3 is 0 Å². The molecule has 0 aliphatic carbocycles. The van der Waals surface area contributed by atoms with Gasteiger partial charge in [0, 0.05) is 37.6 Å². The highest BCUT2D eigenvalue weighted by molar-refractivity contribution is 5.79. The Bertz CT molecular complexity index is 1550. The Morgan fingerprint density at radius 2 is 1.51 bits per heavy atom. The maximum Gasteiger partial charge on any atom is 0.226 e. The molecule has 222 valence electrons. The minimum Gasteiger partial charge on any atom is -0.342 e. The van der Waals surface area contributed by atoms with Crippen molar-refractivity contribution in [2.75, 3.05) is 19.6 Å². The third-order valence-corrected chi connectivity index (χ3v) is 10.7. The molecule has 4 aromatic rings. The largest absolute Gasteiger partial charge is 0.342 e. The summed E-state index contributed by atoms with van der Waals surface area (Å²) < 4.78 is 2.53. The van der Waals surface area contributed by atoms with E-state index in [4.69, 9.17) is 4.98 Å². The number of piperidine rings is 2. The molecule has 0 saturated carbocycles. The number of hydrogen-bond acceptors (Lipinski definition) is 3. The Hall–Kier alpha value is -3.70. The van der Waals surface area contributed by atoms with E-state index in [1.807, 2.05) is 24.3 Å². The summed E-state index contributed by atoms with van der Waals surface area (Å²) in [5.74, 6) is 1.40. The molecule has 0 spiro atoms. The Labute approximate surface area is 256 Å². The number of nitrogens with zero attached hydrogens (tertiary/aromatic N) is 4. The average molecular weight is 573 g/mol. The van der Waals surface area contributed by atoms with Crippen molar-refractivity contribution in [3.63, 3.8) is 0 Å². The van der Waals surface area contributed by atoms with Crippen molar-refractivity contribution in [1.82, 2.24) is 19.4 Å². The first-order chi connectivity index (χ1) is 21.1. The molecule has 5 nitrogen and oxygen atoms in total. The molecule has 3 atom stereocenters. The lowest BCUT2D eigenvalue weighted by Crippen LogP contribution is -2.49. The molecule has 3 saturated heterocycles. The molecule has 1 aromatic heterocycles. The number of likely N-dealkylation sites (tertiary alicyclic amines) is 1. The van der Waals surface area contributed by atoms with Gasteiger partial charge in [-0.05, 0) is 87.1 Å². The highest BCUT2D eigenvalue weighted by atomic mass is 16.2. The summed E-state index contributed by atoms with van der Waals surface area (Å²) in [6.07, 6.45) is 12.8. The van der Waals surface area contributed by atoms with E-state index in [2.05, 4.69) is 94.1 Å². The maximum absolute atomic E-state index is 13.1. The maximum atomic E-state index is 13.1. The van der Waals surface area contributed by atoms with Crippen molar-refractivity contribution in [3.8, 4) is 0 Å². The van der Waals surface area contributed by atoms with Crippen LogP contribution in [0.3, 0.4) is 0 Å². The summed E-state index contributed by atoms with van der Waals surface area (Å²) in [7, 11) is 0. The van der Waals surface area contributed by atoms with Crippen LogP contribution in [0.4, 0.5) is 0 Å². The van der Waals surface area contributed by atoms with Crippen LogP contribution in [0.2, 0.25) is 0 Å². The van der Waals surface area contributed by atoms with Crippen molar-refractivity contribution in [3.05, 3.63) is 108 Å². The van der Waals surface area contributed by atoms with Crippen LogP contribution in [0.5, 0.6) is 0 Å². The highest BCUT2D eigenvalue weighted by Crippen LogP contribution is 2.45. The number of imidazole rings is 1. The SMILES string of the molecule is Cc1nc2ccccc2n1C1C[C@H]2CC[C@@H](C1)N2CCC1(c2ccccc2)CCN(C(=O)C/C=C/c2ccccc2)CC1. The van der Waals surface area contributed by atoms with Gasteiger partial charge in [-0.15, -0.1) is 0 Å². The van der Waals surface area contributed by atoms with Crippen LogP contribution in [0, 0.1) is 6.92 Å². The third kappa shape index (κ3) is 5.68. The van der Waals surface area contributed by atoms with Gasteiger partial charge in [-0.25, -0.2) is 4.98 Å². The predicted molar refractivity (Wildman–Crippen MR) is 175 cm³/mol. The van der Waals surface area contributed by atoms with E-state index in [1.165, 1.54) is 36.8 Å². The number of fused-ring (bicyclic) bond motifs is 3. The van der Waals surface area contributed by atoms with Gasteiger partial charge in [0.15, 0.2) is 0 Å². The fraction of sp³-hybridized carbons (Fsp3) is 0.421. The minimum atomic E-state index is 0.130. The molecule has 1 unspecified atom stereocenters. The van der Waals surface area contributed by atoms with Gasteiger partial charge in [0.25, 0.3) is 0 Å². The first-order valence-corrected chi connectivity index (χ1v) is 16.3. The van der Waals surface area contributed by atoms with Crippen LogP contribution in [0.15, 0.2) is 91.0 Å². The number of benzene rings is 3. The Morgan fingerprint density at radius 1 is 0.860 bits per heavy atom. The van der Waals surface area contributed by atoms with E-state index >= 15 is 0 Å². The zero-order valence-electron chi connectivity index (χ0n) is 25.4. The molecule has 0 radical (unpaired) electrons. The van der Waals surface area contributed by atoms with Crippen molar-refractivity contribution < 1.29 is 4.79 Å². The van der Waals surface area contributed by atoms with E-state index in [0.717, 1.165) is 55.8 Å². The second-order valence-electron chi connectivity index (χ2n) is 13.1. The molecule has 3 fully saturated rings. The normalized spacial score (nSPS) is 23.7. The van der Waals surface area contributed by atoms with Crippen LogP contribution in [0.25, 0.3) is 17.1 Å². The molecule has 0 N–H and O–H groups in total. The molecule has 5 heteroatoms. The number of aromatic nitrogens is 2. The lowest BCUT2D eigenvalue weighted by atomic mass is 9.70. The lowest BCUT2D eigenvalue weighted by molar-refractivity contribution is -0.132. The second kappa shape index (κ2) is 12.1. The zero-order valence-corrected chi connectivity index (χ0v) is 25.4. The number of carbonyl (C=O) groups excluding carboxylic acids is 1. The molecular formula is C38H44N4O. The molecule has 3 aliphatic rings. The lowest BCUT2D eigenvalue weighted by Gasteiger charge is -2.45.